The molecule has 1 heterocycles. The Hall–Kier alpha value is -0.610. The molecule has 2 fully saturated rings. The van der Waals surface area contributed by atoms with Gasteiger partial charge in [-0.2, -0.15) is 0 Å². The Bertz CT molecular complexity index is 306. The summed E-state index contributed by atoms with van der Waals surface area (Å²) in [6.45, 7) is 5.83. The summed E-state index contributed by atoms with van der Waals surface area (Å²) in [5.41, 5.74) is 5.99. The molecule has 0 aromatic carbocycles. The van der Waals surface area contributed by atoms with Gasteiger partial charge in [-0.3, -0.25) is 4.79 Å². The van der Waals surface area contributed by atoms with Crippen LogP contribution in [0.1, 0.15) is 58.8 Å². The molecule has 0 aromatic heterocycles. The van der Waals surface area contributed by atoms with Crippen molar-refractivity contribution in [1.82, 2.24) is 4.90 Å². The van der Waals surface area contributed by atoms with Gasteiger partial charge in [0.15, 0.2) is 0 Å². The zero-order valence-corrected chi connectivity index (χ0v) is 13.0. The van der Waals surface area contributed by atoms with Crippen LogP contribution in [0.5, 0.6) is 0 Å². The fraction of sp³-hybridized carbons (Fsp3) is 0.938. The van der Waals surface area contributed by atoms with Crippen molar-refractivity contribution in [2.45, 2.75) is 77.0 Å². The van der Waals surface area contributed by atoms with Crippen molar-refractivity contribution >= 4 is 5.91 Å². The molecule has 1 aliphatic heterocycles. The maximum atomic E-state index is 12.2. The lowest BCUT2D eigenvalue weighted by atomic mass is 10.0. The minimum Gasteiger partial charge on any atom is -0.375 e. The molecule has 0 bridgehead atoms. The van der Waals surface area contributed by atoms with Crippen molar-refractivity contribution in [3.8, 4) is 0 Å². The Labute approximate surface area is 123 Å². The fourth-order valence-corrected chi connectivity index (χ4v) is 3.35. The normalized spacial score (nSPS) is 23.5. The van der Waals surface area contributed by atoms with Crippen LogP contribution in [0.15, 0.2) is 0 Å². The van der Waals surface area contributed by atoms with Gasteiger partial charge in [-0.25, -0.2) is 0 Å². The molecule has 2 N–H and O–H groups in total. The van der Waals surface area contributed by atoms with Crippen LogP contribution in [0.3, 0.4) is 0 Å². The van der Waals surface area contributed by atoms with E-state index in [1.54, 1.807) is 0 Å². The van der Waals surface area contributed by atoms with E-state index >= 15 is 0 Å². The van der Waals surface area contributed by atoms with E-state index in [-0.39, 0.29) is 11.9 Å². The number of ether oxygens (including phenoxy) is 1. The monoisotopic (exact) mass is 282 g/mol. The van der Waals surface area contributed by atoms with E-state index in [0.717, 1.165) is 32.4 Å². The predicted molar refractivity (Wildman–Crippen MR) is 80.4 cm³/mol. The molecule has 4 nitrogen and oxygen atoms in total. The second-order valence-corrected chi connectivity index (χ2v) is 6.80. The summed E-state index contributed by atoms with van der Waals surface area (Å²) in [7, 11) is 0. The third kappa shape index (κ3) is 4.45. The van der Waals surface area contributed by atoms with E-state index in [9.17, 15) is 4.79 Å². The lowest BCUT2D eigenvalue weighted by Gasteiger charge is -2.34. The van der Waals surface area contributed by atoms with E-state index in [0.29, 0.717) is 18.1 Å². The number of amides is 1. The van der Waals surface area contributed by atoms with Crippen LogP contribution in [0, 0.1) is 5.92 Å². The number of rotatable bonds is 5. The maximum Gasteiger partial charge on any atom is 0.239 e. The standard InChI is InChI=1S/C16H30N2O2/c1-12(2)11-15(17)16(19)18-9-7-14(8-10-18)20-13-5-3-4-6-13/h12-15H,3-11,17H2,1-2H3/t15-/m0/s1. The van der Waals surface area contributed by atoms with Gasteiger partial charge in [0, 0.05) is 13.1 Å². The molecular weight excluding hydrogens is 252 g/mol. The molecule has 20 heavy (non-hydrogen) atoms. The highest BCUT2D eigenvalue weighted by Crippen LogP contribution is 2.25. The summed E-state index contributed by atoms with van der Waals surface area (Å²) >= 11 is 0. The summed E-state index contributed by atoms with van der Waals surface area (Å²) in [6.07, 6.45) is 8.61. The number of hydrogen-bond acceptors (Lipinski definition) is 3. The molecule has 0 spiro atoms. The first-order valence-electron chi connectivity index (χ1n) is 8.26. The largest absolute Gasteiger partial charge is 0.375 e. The number of hydrogen-bond donors (Lipinski definition) is 1. The van der Waals surface area contributed by atoms with Gasteiger partial charge < -0.3 is 15.4 Å². The smallest absolute Gasteiger partial charge is 0.239 e. The summed E-state index contributed by atoms with van der Waals surface area (Å²) in [4.78, 5) is 14.2. The Balaban J connectivity index is 1.71. The molecule has 0 radical (unpaired) electrons. The predicted octanol–water partition coefficient (Wildman–Crippen LogP) is 2.31. The van der Waals surface area contributed by atoms with Gasteiger partial charge in [0.05, 0.1) is 18.2 Å². The van der Waals surface area contributed by atoms with Gasteiger partial charge in [0.1, 0.15) is 0 Å². The number of carbonyl (C=O) groups is 1. The molecule has 1 amide bonds. The Kier molecular flexibility index (Phi) is 5.85. The van der Waals surface area contributed by atoms with Crippen LogP contribution in [0.2, 0.25) is 0 Å². The minimum atomic E-state index is -0.331. The van der Waals surface area contributed by atoms with Crippen molar-refractivity contribution in [2.75, 3.05) is 13.1 Å². The average Bonchev–Trinajstić information content (AvgIpc) is 2.91. The molecular formula is C16H30N2O2. The van der Waals surface area contributed by atoms with Crippen LogP contribution in [-0.2, 0) is 9.53 Å². The van der Waals surface area contributed by atoms with Crippen LogP contribution in [0.4, 0.5) is 0 Å². The zero-order chi connectivity index (χ0) is 14.5. The first-order valence-corrected chi connectivity index (χ1v) is 8.26. The Morgan fingerprint density at radius 1 is 1.15 bits per heavy atom. The minimum absolute atomic E-state index is 0.123. The van der Waals surface area contributed by atoms with Gasteiger partial charge in [-0.1, -0.05) is 26.7 Å². The van der Waals surface area contributed by atoms with E-state index < -0.39 is 0 Å². The van der Waals surface area contributed by atoms with Crippen LogP contribution < -0.4 is 5.73 Å². The Morgan fingerprint density at radius 2 is 1.70 bits per heavy atom. The van der Waals surface area contributed by atoms with Gasteiger partial charge >= 0.3 is 0 Å². The highest BCUT2D eigenvalue weighted by molar-refractivity contribution is 5.81. The van der Waals surface area contributed by atoms with Gasteiger partial charge in [0.25, 0.3) is 0 Å². The van der Waals surface area contributed by atoms with Crippen molar-refractivity contribution in [1.29, 1.82) is 0 Å². The number of piperidine rings is 1. The Morgan fingerprint density at radius 3 is 2.25 bits per heavy atom. The highest BCUT2D eigenvalue weighted by Gasteiger charge is 2.28. The lowest BCUT2D eigenvalue weighted by Crippen LogP contribution is -2.48. The van der Waals surface area contributed by atoms with E-state index in [2.05, 4.69) is 13.8 Å². The van der Waals surface area contributed by atoms with Gasteiger partial charge in [-0.15, -0.1) is 0 Å². The van der Waals surface area contributed by atoms with Gasteiger partial charge in [0.2, 0.25) is 5.91 Å². The van der Waals surface area contributed by atoms with E-state index in [1.165, 1.54) is 25.7 Å². The third-order valence-corrected chi connectivity index (χ3v) is 4.48. The van der Waals surface area contributed by atoms with Crippen LogP contribution in [0.25, 0.3) is 0 Å². The summed E-state index contributed by atoms with van der Waals surface area (Å²) in [5, 5.41) is 0. The highest BCUT2D eigenvalue weighted by atomic mass is 16.5. The average molecular weight is 282 g/mol. The third-order valence-electron chi connectivity index (χ3n) is 4.48. The van der Waals surface area contributed by atoms with Crippen molar-refractivity contribution < 1.29 is 9.53 Å². The topological polar surface area (TPSA) is 55.6 Å². The molecule has 0 aromatic rings. The summed E-state index contributed by atoms with van der Waals surface area (Å²) in [5.74, 6) is 0.593. The molecule has 116 valence electrons. The maximum absolute atomic E-state index is 12.2. The van der Waals surface area contributed by atoms with Crippen molar-refractivity contribution in [3.63, 3.8) is 0 Å². The van der Waals surface area contributed by atoms with Crippen molar-refractivity contribution in [3.05, 3.63) is 0 Å². The number of nitrogens with zero attached hydrogens (tertiary/aromatic N) is 1. The quantitative estimate of drug-likeness (QED) is 0.842. The molecule has 2 rings (SSSR count). The number of carbonyl (C=O) groups excluding carboxylic acids is 1. The van der Waals surface area contributed by atoms with Crippen LogP contribution in [-0.4, -0.2) is 42.1 Å². The van der Waals surface area contributed by atoms with E-state index in [1.807, 2.05) is 4.90 Å². The SMILES string of the molecule is CC(C)C[C@H](N)C(=O)N1CCC(OC2CCCC2)CC1. The summed E-state index contributed by atoms with van der Waals surface area (Å²) < 4.78 is 6.14. The molecule has 1 saturated heterocycles. The summed E-state index contributed by atoms with van der Waals surface area (Å²) in [6, 6.07) is -0.331. The first-order chi connectivity index (χ1) is 9.56. The molecule has 1 atom stereocenters. The number of nitrogens with two attached hydrogens (primary N) is 1. The van der Waals surface area contributed by atoms with Gasteiger partial charge in [-0.05, 0) is 38.0 Å². The molecule has 1 aliphatic carbocycles. The van der Waals surface area contributed by atoms with Crippen LogP contribution >= 0.6 is 0 Å². The molecule has 0 unspecified atom stereocenters. The molecule has 4 heteroatoms. The zero-order valence-electron chi connectivity index (χ0n) is 13.0. The molecule has 1 saturated carbocycles. The fourth-order valence-electron chi connectivity index (χ4n) is 3.35. The van der Waals surface area contributed by atoms with E-state index in [4.69, 9.17) is 10.5 Å². The number of likely N-dealkylation sites (tertiary alicyclic amines) is 1. The molecule has 2 aliphatic rings. The second kappa shape index (κ2) is 7.41. The lowest BCUT2D eigenvalue weighted by molar-refractivity contribution is -0.136. The second-order valence-electron chi connectivity index (χ2n) is 6.80. The van der Waals surface area contributed by atoms with Crippen molar-refractivity contribution in [2.24, 2.45) is 11.7 Å². The first kappa shape index (κ1) is 15.8.